The van der Waals surface area contributed by atoms with Crippen molar-refractivity contribution < 1.29 is 18.3 Å². The van der Waals surface area contributed by atoms with Gasteiger partial charge in [0.1, 0.15) is 0 Å². The molecule has 0 saturated carbocycles. The van der Waals surface area contributed by atoms with Gasteiger partial charge in [-0.1, -0.05) is 13.8 Å². The van der Waals surface area contributed by atoms with Crippen LogP contribution in [0.1, 0.15) is 38.1 Å². The highest BCUT2D eigenvalue weighted by atomic mass is 32.2. The van der Waals surface area contributed by atoms with E-state index in [4.69, 9.17) is 5.11 Å². The number of sulfonamides is 1. The predicted molar refractivity (Wildman–Crippen MR) is 75.1 cm³/mol. The summed E-state index contributed by atoms with van der Waals surface area (Å²) in [6.45, 7) is 7.86. The number of aromatic carboxylic acids is 1. The quantitative estimate of drug-likeness (QED) is 0.866. The summed E-state index contributed by atoms with van der Waals surface area (Å²) in [6.07, 6.45) is 1.06. The van der Waals surface area contributed by atoms with Crippen LogP contribution in [0.5, 0.6) is 0 Å². The van der Waals surface area contributed by atoms with E-state index in [-0.39, 0.29) is 22.5 Å². The van der Waals surface area contributed by atoms with E-state index in [1.807, 2.05) is 13.8 Å². The summed E-state index contributed by atoms with van der Waals surface area (Å²) in [5.74, 6) is -0.949. The fourth-order valence-corrected chi connectivity index (χ4v) is 3.44. The number of pyridine rings is 1. The lowest BCUT2D eigenvalue weighted by atomic mass is 10.2. The Morgan fingerprint density at radius 1 is 1.30 bits per heavy atom. The van der Waals surface area contributed by atoms with Gasteiger partial charge in [0.2, 0.25) is 0 Å². The minimum Gasteiger partial charge on any atom is -0.478 e. The molecule has 20 heavy (non-hydrogen) atoms. The molecule has 0 aliphatic rings. The lowest BCUT2D eigenvalue weighted by Gasteiger charge is -2.27. The first-order valence-electron chi connectivity index (χ1n) is 6.37. The van der Waals surface area contributed by atoms with E-state index < -0.39 is 16.0 Å². The van der Waals surface area contributed by atoms with Crippen LogP contribution in [0.3, 0.4) is 0 Å². The van der Waals surface area contributed by atoms with E-state index in [0.717, 1.165) is 6.20 Å². The normalized spacial score (nSPS) is 12.3. The van der Waals surface area contributed by atoms with Gasteiger partial charge in [-0.25, -0.2) is 18.2 Å². The Bertz CT molecular complexity index is 565. The van der Waals surface area contributed by atoms with Crippen LogP contribution in [-0.4, -0.2) is 41.4 Å². The zero-order valence-corrected chi connectivity index (χ0v) is 12.9. The number of rotatable bonds is 6. The van der Waals surface area contributed by atoms with Crippen LogP contribution in [0, 0.1) is 5.92 Å². The number of nitrogens with zero attached hydrogens (tertiary/aromatic N) is 2. The first-order chi connectivity index (χ1) is 9.16. The number of hydrogen-bond donors (Lipinski definition) is 1. The Kier molecular flexibility index (Phi) is 5.24. The van der Waals surface area contributed by atoms with Crippen LogP contribution in [0.2, 0.25) is 0 Å². The Morgan fingerprint density at radius 3 is 2.25 bits per heavy atom. The Balaban J connectivity index is 3.16. The SMILES string of the molecule is CC(C)CN(C(C)C)S(=O)(=O)c1ccc(C(=O)O)cn1. The Hall–Kier alpha value is -1.47. The van der Waals surface area contributed by atoms with Crippen molar-refractivity contribution in [3.63, 3.8) is 0 Å². The average molecular weight is 300 g/mol. The number of hydrogen-bond acceptors (Lipinski definition) is 4. The second-order valence-corrected chi connectivity index (χ2v) is 7.09. The number of carbonyl (C=O) groups is 1. The highest BCUT2D eigenvalue weighted by molar-refractivity contribution is 7.89. The lowest BCUT2D eigenvalue weighted by molar-refractivity contribution is 0.0696. The summed E-state index contributed by atoms with van der Waals surface area (Å²) in [5.41, 5.74) is -0.0380. The first kappa shape index (κ1) is 16.6. The van der Waals surface area contributed by atoms with Gasteiger partial charge in [-0.2, -0.15) is 4.31 Å². The highest BCUT2D eigenvalue weighted by Crippen LogP contribution is 2.18. The van der Waals surface area contributed by atoms with Crippen LogP contribution in [-0.2, 0) is 10.0 Å². The second kappa shape index (κ2) is 6.32. The van der Waals surface area contributed by atoms with Gasteiger partial charge in [0.15, 0.2) is 5.03 Å². The van der Waals surface area contributed by atoms with Gasteiger partial charge in [-0.15, -0.1) is 0 Å². The lowest BCUT2D eigenvalue weighted by Crippen LogP contribution is -2.39. The van der Waals surface area contributed by atoms with Crippen molar-refractivity contribution in [1.29, 1.82) is 0 Å². The largest absolute Gasteiger partial charge is 0.478 e. The Labute approximate surface area is 119 Å². The van der Waals surface area contributed by atoms with Crippen molar-refractivity contribution in [2.75, 3.05) is 6.54 Å². The summed E-state index contributed by atoms with van der Waals surface area (Å²) in [7, 11) is -3.71. The third-order valence-corrected chi connectivity index (χ3v) is 4.64. The molecule has 1 heterocycles. The summed E-state index contributed by atoms with van der Waals surface area (Å²) in [5, 5.41) is 8.67. The van der Waals surface area contributed by atoms with Gasteiger partial charge >= 0.3 is 5.97 Å². The van der Waals surface area contributed by atoms with Crippen molar-refractivity contribution in [1.82, 2.24) is 9.29 Å². The van der Waals surface area contributed by atoms with Crippen LogP contribution in [0.4, 0.5) is 0 Å². The van der Waals surface area contributed by atoms with Gasteiger partial charge in [-0.05, 0) is 31.9 Å². The molecule has 6 nitrogen and oxygen atoms in total. The Morgan fingerprint density at radius 2 is 1.90 bits per heavy atom. The molecule has 0 fully saturated rings. The smallest absolute Gasteiger partial charge is 0.337 e. The second-order valence-electron chi connectivity index (χ2n) is 5.25. The molecule has 0 aromatic carbocycles. The van der Waals surface area contributed by atoms with E-state index >= 15 is 0 Å². The molecular formula is C13H20N2O4S. The third-order valence-electron chi connectivity index (χ3n) is 2.68. The van der Waals surface area contributed by atoms with Crippen molar-refractivity contribution in [3.05, 3.63) is 23.9 Å². The maximum Gasteiger partial charge on any atom is 0.337 e. The molecule has 1 rings (SSSR count). The van der Waals surface area contributed by atoms with Crippen LogP contribution < -0.4 is 0 Å². The fraction of sp³-hybridized carbons (Fsp3) is 0.538. The van der Waals surface area contributed by atoms with Crippen molar-refractivity contribution in [2.45, 2.75) is 38.8 Å². The topological polar surface area (TPSA) is 87.6 Å². The molecule has 112 valence electrons. The molecule has 0 aliphatic heterocycles. The van der Waals surface area contributed by atoms with Crippen LogP contribution in [0.25, 0.3) is 0 Å². The van der Waals surface area contributed by atoms with Crippen molar-refractivity contribution >= 4 is 16.0 Å². The maximum absolute atomic E-state index is 12.5. The fourth-order valence-electron chi connectivity index (χ4n) is 1.73. The summed E-state index contributed by atoms with van der Waals surface area (Å²) < 4.78 is 26.4. The molecule has 1 aromatic rings. The van der Waals surface area contributed by atoms with Gasteiger partial charge in [-0.3, -0.25) is 0 Å². The molecule has 0 aliphatic carbocycles. The highest BCUT2D eigenvalue weighted by Gasteiger charge is 2.28. The molecule has 7 heteroatoms. The number of carboxylic acid groups (broad SMARTS) is 1. The molecule has 0 amide bonds. The monoisotopic (exact) mass is 300 g/mol. The van der Waals surface area contributed by atoms with Crippen LogP contribution in [0.15, 0.2) is 23.4 Å². The third kappa shape index (κ3) is 3.77. The molecule has 1 aromatic heterocycles. The molecule has 0 bridgehead atoms. The standard InChI is InChI=1S/C13H20N2O4S/c1-9(2)8-15(10(3)4)20(18,19)12-6-5-11(7-14-12)13(16)17/h5-7,9-10H,8H2,1-4H3,(H,16,17). The molecule has 0 spiro atoms. The van der Waals surface area contributed by atoms with E-state index in [1.54, 1.807) is 13.8 Å². The van der Waals surface area contributed by atoms with Crippen LogP contribution >= 0.6 is 0 Å². The predicted octanol–water partition coefficient (Wildman–Crippen LogP) is 1.83. The van der Waals surface area contributed by atoms with E-state index in [9.17, 15) is 13.2 Å². The van der Waals surface area contributed by atoms with E-state index in [1.165, 1.54) is 16.4 Å². The summed E-state index contributed by atoms with van der Waals surface area (Å²) >= 11 is 0. The molecule has 0 unspecified atom stereocenters. The summed E-state index contributed by atoms with van der Waals surface area (Å²) in [6, 6.07) is 2.29. The van der Waals surface area contributed by atoms with Gasteiger partial charge in [0, 0.05) is 18.8 Å². The zero-order chi connectivity index (χ0) is 15.5. The molecule has 0 radical (unpaired) electrons. The minimum atomic E-state index is -3.71. The zero-order valence-electron chi connectivity index (χ0n) is 12.1. The van der Waals surface area contributed by atoms with E-state index in [0.29, 0.717) is 6.54 Å². The molecule has 1 N–H and O–H groups in total. The summed E-state index contributed by atoms with van der Waals surface area (Å²) in [4.78, 5) is 14.5. The van der Waals surface area contributed by atoms with Gasteiger partial charge in [0.25, 0.3) is 10.0 Å². The first-order valence-corrected chi connectivity index (χ1v) is 7.81. The number of carboxylic acids is 1. The van der Waals surface area contributed by atoms with Gasteiger partial charge < -0.3 is 5.11 Å². The minimum absolute atomic E-state index is 0.0380. The number of aromatic nitrogens is 1. The van der Waals surface area contributed by atoms with Crippen molar-refractivity contribution in [2.24, 2.45) is 5.92 Å². The molecular weight excluding hydrogens is 280 g/mol. The van der Waals surface area contributed by atoms with E-state index in [2.05, 4.69) is 4.98 Å². The maximum atomic E-state index is 12.5. The van der Waals surface area contributed by atoms with Crippen molar-refractivity contribution in [3.8, 4) is 0 Å². The average Bonchev–Trinajstić information content (AvgIpc) is 2.35. The molecule has 0 saturated heterocycles. The molecule has 0 atom stereocenters. The van der Waals surface area contributed by atoms with Gasteiger partial charge in [0.05, 0.1) is 5.56 Å².